The van der Waals surface area contributed by atoms with Gasteiger partial charge in [-0.15, -0.1) is 0 Å². The molecule has 3 heteroatoms. The molecular weight excluding hydrogens is 351 g/mol. The van der Waals surface area contributed by atoms with Crippen LogP contribution >= 0.6 is 0 Å². The zero-order chi connectivity index (χ0) is 13.8. The fourth-order valence-corrected chi connectivity index (χ4v) is 4.87. The lowest BCUT2D eigenvalue weighted by atomic mass is 10.2. The van der Waals surface area contributed by atoms with Crippen LogP contribution in [0.4, 0.5) is 0 Å². The number of ketones is 2. The normalized spacial score (nSPS) is 10.2. The lowest BCUT2D eigenvalue weighted by Gasteiger charge is -1.98. The molecular formula is C16H14IO2+. The molecule has 0 fully saturated rings. The first-order chi connectivity index (χ1) is 9.09. The number of carbonyl (C=O) groups excluding carboxylic acids is 2. The van der Waals surface area contributed by atoms with Gasteiger partial charge in [0.25, 0.3) is 0 Å². The summed E-state index contributed by atoms with van der Waals surface area (Å²) in [4.78, 5) is 23.3. The number of hydrogen-bond acceptors (Lipinski definition) is 2. The van der Waals surface area contributed by atoms with E-state index in [0.717, 1.165) is 18.3 Å². The van der Waals surface area contributed by atoms with Crippen LogP contribution in [0.1, 0.15) is 34.6 Å². The Morgan fingerprint density at radius 3 is 1.47 bits per heavy atom. The molecule has 2 aromatic carbocycles. The third-order valence-electron chi connectivity index (χ3n) is 2.71. The number of carbonyl (C=O) groups is 2. The predicted octanol–water partition coefficient (Wildman–Crippen LogP) is 0.220. The predicted molar refractivity (Wildman–Crippen MR) is 70.3 cm³/mol. The van der Waals surface area contributed by atoms with Crippen molar-refractivity contribution in [1.82, 2.24) is 0 Å². The third-order valence-corrected chi connectivity index (χ3v) is 5.75. The molecule has 2 rings (SSSR count). The van der Waals surface area contributed by atoms with E-state index in [2.05, 4.69) is 0 Å². The van der Waals surface area contributed by atoms with Crippen LogP contribution in [0.2, 0.25) is 0 Å². The molecule has 0 aromatic heterocycles. The molecule has 0 aliphatic heterocycles. The summed E-state index contributed by atoms with van der Waals surface area (Å²) in [6.45, 7) is 3.17. The maximum Gasteiger partial charge on any atom is 0.359 e. The van der Waals surface area contributed by atoms with Gasteiger partial charge in [-0.25, -0.2) is 0 Å². The van der Waals surface area contributed by atoms with Gasteiger partial charge in [0.1, 0.15) is 0 Å². The van der Waals surface area contributed by atoms with Crippen molar-refractivity contribution in [2.75, 3.05) is 0 Å². The van der Waals surface area contributed by atoms with E-state index in [1.165, 1.54) is 0 Å². The van der Waals surface area contributed by atoms with Gasteiger partial charge in [-0.1, -0.05) is 24.3 Å². The van der Waals surface area contributed by atoms with E-state index in [1.54, 1.807) is 13.8 Å². The molecule has 2 nitrogen and oxygen atoms in total. The summed E-state index contributed by atoms with van der Waals surface area (Å²) in [5.41, 5.74) is 1.54. The SMILES string of the molecule is CC(=O)c1ccccc1[I+]c1ccccc1C(C)=O. The van der Waals surface area contributed by atoms with Crippen LogP contribution in [0.3, 0.4) is 0 Å². The van der Waals surface area contributed by atoms with Crippen molar-refractivity contribution in [3.8, 4) is 0 Å². The van der Waals surface area contributed by atoms with Gasteiger partial charge >= 0.3 is 21.2 Å². The van der Waals surface area contributed by atoms with Crippen LogP contribution in [-0.4, -0.2) is 11.6 Å². The smallest absolute Gasteiger partial charge is 0.294 e. The van der Waals surface area contributed by atoms with E-state index in [9.17, 15) is 9.59 Å². The van der Waals surface area contributed by atoms with E-state index >= 15 is 0 Å². The zero-order valence-electron chi connectivity index (χ0n) is 10.8. The second kappa shape index (κ2) is 6.10. The zero-order valence-corrected chi connectivity index (χ0v) is 13.0. The number of benzene rings is 2. The number of rotatable bonds is 4. The molecule has 0 N–H and O–H groups in total. The van der Waals surface area contributed by atoms with Gasteiger partial charge in [0, 0.05) is 0 Å². The first-order valence-corrected chi connectivity index (χ1v) is 8.10. The summed E-state index contributed by atoms with van der Waals surface area (Å²) in [6.07, 6.45) is 0. The Balaban J connectivity index is 2.42. The highest BCUT2D eigenvalue weighted by Gasteiger charge is 2.25. The lowest BCUT2D eigenvalue weighted by Crippen LogP contribution is -3.62. The molecule has 0 bridgehead atoms. The molecule has 0 radical (unpaired) electrons. The van der Waals surface area contributed by atoms with Crippen LogP contribution in [0.25, 0.3) is 0 Å². The van der Waals surface area contributed by atoms with Gasteiger partial charge in [0.2, 0.25) is 7.14 Å². The molecule has 0 aliphatic rings. The monoisotopic (exact) mass is 365 g/mol. The van der Waals surface area contributed by atoms with Gasteiger partial charge in [0.05, 0.1) is 11.1 Å². The van der Waals surface area contributed by atoms with E-state index in [1.807, 2.05) is 48.5 Å². The molecule has 19 heavy (non-hydrogen) atoms. The van der Waals surface area contributed by atoms with E-state index in [0.29, 0.717) is 0 Å². The Morgan fingerprint density at radius 1 is 0.737 bits per heavy atom. The molecule has 96 valence electrons. The van der Waals surface area contributed by atoms with Crippen molar-refractivity contribution in [3.05, 3.63) is 66.8 Å². The topological polar surface area (TPSA) is 34.1 Å². The van der Waals surface area contributed by atoms with Crippen molar-refractivity contribution in [2.45, 2.75) is 13.8 Å². The molecule has 0 amide bonds. The van der Waals surface area contributed by atoms with E-state index < -0.39 is 21.2 Å². The molecule has 0 saturated carbocycles. The molecule has 0 unspecified atom stereocenters. The minimum Gasteiger partial charge on any atom is -0.294 e. The minimum atomic E-state index is -0.523. The molecule has 2 aromatic rings. The standard InChI is InChI=1S/C16H14IO2/c1-11(18)13-7-3-5-9-15(13)17-16-10-6-4-8-14(16)12(2)19/h3-10H,1-2H3/q+1. The highest BCUT2D eigenvalue weighted by molar-refractivity contribution is 5.94. The van der Waals surface area contributed by atoms with Gasteiger partial charge in [-0.05, 0) is 38.1 Å². The number of halogens is 1. The average Bonchev–Trinajstić information content (AvgIpc) is 2.39. The largest absolute Gasteiger partial charge is 0.359 e. The van der Waals surface area contributed by atoms with Crippen molar-refractivity contribution < 1.29 is 30.8 Å². The molecule has 0 saturated heterocycles. The second-order valence-electron chi connectivity index (χ2n) is 4.17. The van der Waals surface area contributed by atoms with Crippen LogP contribution in [0, 0.1) is 7.14 Å². The van der Waals surface area contributed by atoms with Crippen LogP contribution in [0.15, 0.2) is 48.5 Å². The van der Waals surface area contributed by atoms with Gasteiger partial charge < -0.3 is 0 Å². The summed E-state index contributed by atoms with van der Waals surface area (Å²) < 4.78 is 2.14. The Bertz CT molecular complexity index is 577. The number of Topliss-reactive ketones (excluding diaryl/α,β-unsaturated/α-hetero) is 2. The highest BCUT2D eigenvalue weighted by Crippen LogP contribution is 2.02. The van der Waals surface area contributed by atoms with Crippen molar-refractivity contribution in [1.29, 1.82) is 0 Å². The van der Waals surface area contributed by atoms with E-state index in [-0.39, 0.29) is 11.6 Å². The molecule has 0 aliphatic carbocycles. The van der Waals surface area contributed by atoms with Gasteiger partial charge in [-0.3, -0.25) is 9.59 Å². The maximum absolute atomic E-state index is 11.6. The fourth-order valence-electron chi connectivity index (χ4n) is 1.77. The molecule has 0 atom stereocenters. The van der Waals surface area contributed by atoms with Gasteiger partial charge in [0.15, 0.2) is 11.6 Å². The van der Waals surface area contributed by atoms with Gasteiger partial charge in [-0.2, -0.15) is 0 Å². The lowest BCUT2D eigenvalue weighted by molar-refractivity contribution is -0.597. The Labute approximate surface area is 123 Å². The maximum atomic E-state index is 11.6. The van der Waals surface area contributed by atoms with Crippen molar-refractivity contribution in [3.63, 3.8) is 0 Å². The summed E-state index contributed by atoms with van der Waals surface area (Å²) >= 11 is -0.523. The van der Waals surface area contributed by atoms with Crippen LogP contribution < -0.4 is 21.2 Å². The Kier molecular flexibility index (Phi) is 4.47. The fraction of sp³-hybridized carbons (Fsp3) is 0.125. The second-order valence-corrected chi connectivity index (χ2v) is 7.03. The summed E-state index contributed by atoms with van der Waals surface area (Å²) in [7, 11) is 0. The third kappa shape index (κ3) is 3.29. The Hall–Kier alpha value is -1.49. The first kappa shape index (κ1) is 13.9. The number of hydrogen-bond donors (Lipinski definition) is 0. The quantitative estimate of drug-likeness (QED) is 0.574. The first-order valence-electron chi connectivity index (χ1n) is 5.94. The summed E-state index contributed by atoms with van der Waals surface area (Å²) in [5.74, 6) is 0.159. The van der Waals surface area contributed by atoms with Crippen LogP contribution in [-0.2, 0) is 0 Å². The summed E-state index contributed by atoms with van der Waals surface area (Å²) in [5, 5.41) is 0. The highest BCUT2D eigenvalue weighted by atomic mass is 127. The molecule has 0 spiro atoms. The van der Waals surface area contributed by atoms with Crippen LogP contribution in [0.5, 0.6) is 0 Å². The Morgan fingerprint density at radius 2 is 1.11 bits per heavy atom. The van der Waals surface area contributed by atoms with E-state index in [4.69, 9.17) is 0 Å². The summed E-state index contributed by atoms with van der Waals surface area (Å²) in [6, 6.07) is 15.3. The van der Waals surface area contributed by atoms with Crippen molar-refractivity contribution >= 4 is 11.6 Å². The molecule has 0 heterocycles. The average molecular weight is 365 g/mol. The minimum absolute atomic E-state index is 0.0793. The van der Waals surface area contributed by atoms with Crippen molar-refractivity contribution in [2.24, 2.45) is 0 Å².